The maximum Gasteiger partial charge on any atom is 0.207 e. The van der Waals surface area contributed by atoms with Gasteiger partial charge in [-0.1, -0.05) is 33.2 Å². The summed E-state index contributed by atoms with van der Waals surface area (Å²) in [6.07, 6.45) is 2.19. The molecule has 0 saturated heterocycles. The Hall–Kier alpha value is -1.42. The van der Waals surface area contributed by atoms with Crippen LogP contribution in [0.25, 0.3) is 11.1 Å². The van der Waals surface area contributed by atoms with Crippen molar-refractivity contribution in [3.63, 3.8) is 0 Å². The van der Waals surface area contributed by atoms with E-state index in [1.807, 2.05) is 24.3 Å². The van der Waals surface area contributed by atoms with Crippen molar-refractivity contribution in [2.24, 2.45) is 0 Å². The lowest BCUT2D eigenvalue weighted by Crippen LogP contribution is -1.80. The van der Waals surface area contributed by atoms with E-state index in [2.05, 4.69) is 21.1 Å². The van der Waals surface area contributed by atoms with Crippen molar-refractivity contribution >= 4 is 22.2 Å². The predicted octanol–water partition coefficient (Wildman–Crippen LogP) is 2.92. The van der Waals surface area contributed by atoms with E-state index in [-0.39, 0.29) is 5.76 Å². The molecule has 0 saturated carbocycles. The summed E-state index contributed by atoms with van der Waals surface area (Å²) in [7, 11) is 0. The molecule has 0 amide bonds. The molecule has 0 aliphatic rings. The van der Waals surface area contributed by atoms with E-state index in [0.717, 1.165) is 10.0 Å². The van der Waals surface area contributed by atoms with Crippen LogP contribution < -0.4 is 0 Å². The van der Waals surface area contributed by atoms with Crippen molar-refractivity contribution in [3.05, 3.63) is 40.7 Å². The Morgan fingerprint density at radius 1 is 1.29 bits per heavy atom. The number of carbonyl (C=O) groups is 1. The molecule has 1 aromatic heterocycles. The third kappa shape index (κ3) is 1.61. The number of halogens is 1. The van der Waals surface area contributed by atoms with Crippen LogP contribution in [-0.4, -0.2) is 11.4 Å². The van der Waals surface area contributed by atoms with Crippen molar-refractivity contribution in [2.45, 2.75) is 0 Å². The van der Waals surface area contributed by atoms with Gasteiger partial charge in [-0.05, 0) is 17.7 Å². The van der Waals surface area contributed by atoms with Gasteiger partial charge < -0.3 is 4.52 Å². The molecule has 14 heavy (non-hydrogen) atoms. The minimum atomic E-state index is 0.257. The SMILES string of the molecule is O=Cc1oncc1-c1ccc(Br)cc1. The van der Waals surface area contributed by atoms with E-state index >= 15 is 0 Å². The monoisotopic (exact) mass is 251 g/mol. The standard InChI is InChI=1S/C10H6BrNO2/c11-8-3-1-7(2-4-8)9-5-12-14-10(9)6-13/h1-6H. The molecular formula is C10H6BrNO2. The molecule has 1 aromatic carbocycles. The first kappa shape index (κ1) is 9.15. The maximum absolute atomic E-state index is 10.6. The summed E-state index contributed by atoms with van der Waals surface area (Å²) in [4.78, 5) is 10.6. The lowest BCUT2D eigenvalue weighted by molar-refractivity contribution is 0.109. The van der Waals surface area contributed by atoms with Crippen LogP contribution in [0.5, 0.6) is 0 Å². The van der Waals surface area contributed by atoms with Gasteiger partial charge in [0.2, 0.25) is 5.76 Å². The average Bonchev–Trinajstić information content (AvgIpc) is 2.67. The Bertz CT molecular complexity index is 447. The molecule has 0 bridgehead atoms. The number of carbonyl (C=O) groups excluding carboxylic acids is 1. The van der Waals surface area contributed by atoms with Gasteiger partial charge in [-0.15, -0.1) is 0 Å². The van der Waals surface area contributed by atoms with Crippen LogP contribution in [-0.2, 0) is 0 Å². The fraction of sp³-hybridized carbons (Fsp3) is 0. The summed E-state index contributed by atoms with van der Waals surface area (Å²) in [5.41, 5.74) is 1.63. The highest BCUT2D eigenvalue weighted by molar-refractivity contribution is 9.10. The Balaban J connectivity index is 2.49. The number of benzene rings is 1. The summed E-state index contributed by atoms with van der Waals surface area (Å²) in [5, 5.41) is 3.57. The average molecular weight is 252 g/mol. The van der Waals surface area contributed by atoms with Crippen molar-refractivity contribution in [1.29, 1.82) is 0 Å². The molecule has 0 spiro atoms. The summed E-state index contributed by atoms with van der Waals surface area (Å²) in [6.45, 7) is 0. The molecule has 2 aromatic rings. The zero-order valence-electron chi connectivity index (χ0n) is 7.11. The molecule has 0 radical (unpaired) electrons. The van der Waals surface area contributed by atoms with Crippen LogP contribution in [0.4, 0.5) is 0 Å². The molecule has 0 aliphatic heterocycles. The molecule has 0 N–H and O–H groups in total. The number of aldehydes is 1. The van der Waals surface area contributed by atoms with Crippen molar-refractivity contribution in [1.82, 2.24) is 5.16 Å². The van der Waals surface area contributed by atoms with Gasteiger partial charge in [-0.3, -0.25) is 4.79 Å². The second kappa shape index (κ2) is 3.75. The van der Waals surface area contributed by atoms with Gasteiger partial charge in [0.15, 0.2) is 6.29 Å². The van der Waals surface area contributed by atoms with Gasteiger partial charge in [0.05, 0.1) is 11.8 Å². The van der Waals surface area contributed by atoms with E-state index in [9.17, 15) is 4.79 Å². The van der Waals surface area contributed by atoms with Gasteiger partial charge in [0.1, 0.15) is 0 Å². The van der Waals surface area contributed by atoms with E-state index in [1.54, 1.807) is 0 Å². The third-order valence-electron chi connectivity index (χ3n) is 1.86. The molecular weight excluding hydrogens is 246 g/mol. The van der Waals surface area contributed by atoms with Gasteiger partial charge in [0.25, 0.3) is 0 Å². The second-order valence-corrected chi connectivity index (χ2v) is 3.64. The molecule has 3 nitrogen and oxygen atoms in total. The highest BCUT2D eigenvalue weighted by Crippen LogP contribution is 2.23. The minimum absolute atomic E-state index is 0.257. The predicted molar refractivity (Wildman–Crippen MR) is 55.0 cm³/mol. The number of nitrogens with zero attached hydrogens (tertiary/aromatic N) is 1. The topological polar surface area (TPSA) is 43.1 Å². The Morgan fingerprint density at radius 2 is 2.00 bits per heavy atom. The van der Waals surface area contributed by atoms with Crippen LogP contribution in [0, 0.1) is 0 Å². The first-order valence-corrected chi connectivity index (χ1v) is 4.76. The lowest BCUT2D eigenvalue weighted by Gasteiger charge is -1.96. The van der Waals surface area contributed by atoms with Crippen molar-refractivity contribution < 1.29 is 9.32 Å². The Morgan fingerprint density at radius 3 is 2.64 bits per heavy atom. The van der Waals surface area contributed by atoms with E-state index in [0.29, 0.717) is 11.8 Å². The largest absolute Gasteiger partial charge is 0.353 e. The van der Waals surface area contributed by atoms with Gasteiger partial charge in [-0.25, -0.2) is 0 Å². The molecule has 4 heteroatoms. The molecule has 0 unspecified atom stereocenters. The van der Waals surface area contributed by atoms with E-state index in [1.165, 1.54) is 6.20 Å². The first-order valence-electron chi connectivity index (χ1n) is 3.97. The molecule has 70 valence electrons. The fourth-order valence-corrected chi connectivity index (χ4v) is 1.44. The smallest absolute Gasteiger partial charge is 0.207 e. The fourth-order valence-electron chi connectivity index (χ4n) is 1.18. The van der Waals surface area contributed by atoms with Gasteiger partial charge in [0, 0.05) is 4.47 Å². The number of rotatable bonds is 2. The van der Waals surface area contributed by atoms with Gasteiger partial charge >= 0.3 is 0 Å². The molecule has 1 heterocycles. The zero-order chi connectivity index (χ0) is 9.97. The highest BCUT2D eigenvalue weighted by Gasteiger charge is 2.08. The normalized spacial score (nSPS) is 10.1. The number of aromatic nitrogens is 1. The summed E-state index contributed by atoms with van der Waals surface area (Å²) >= 11 is 3.34. The molecule has 2 rings (SSSR count). The quantitative estimate of drug-likeness (QED) is 0.771. The van der Waals surface area contributed by atoms with Crippen molar-refractivity contribution in [2.75, 3.05) is 0 Å². The molecule has 0 atom stereocenters. The van der Waals surface area contributed by atoms with Crippen LogP contribution in [0.1, 0.15) is 10.6 Å². The Kier molecular flexibility index (Phi) is 2.45. The third-order valence-corrected chi connectivity index (χ3v) is 2.39. The first-order chi connectivity index (χ1) is 6.81. The van der Waals surface area contributed by atoms with E-state index in [4.69, 9.17) is 4.52 Å². The number of hydrogen-bond acceptors (Lipinski definition) is 3. The Labute approximate surface area is 88.8 Å². The summed E-state index contributed by atoms with van der Waals surface area (Å²) in [6, 6.07) is 7.58. The number of hydrogen-bond donors (Lipinski definition) is 0. The molecule has 0 aliphatic carbocycles. The van der Waals surface area contributed by atoms with E-state index < -0.39 is 0 Å². The second-order valence-electron chi connectivity index (χ2n) is 2.73. The minimum Gasteiger partial charge on any atom is -0.353 e. The van der Waals surface area contributed by atoms with Crippen LogP contribution in [0.15, 0.2) is 39.5 Å². The lowest BCUT2D eigenvalue weighted by atomic mass is 10.1. The van der Waals surface area contributed by atoms with Crippen LogP contribution >= 0.6 is 15.9 Å². The van der Waals surface area contributed by atoms with Gasteiger partial charge in [-0.2, -0.15) is 0 Å². The highest BCUT2D eigenvalue weighted by atomic mass is 79.9. The summed E-state index contributed by atoms with van der Waals surface area (Å²) < 4.78 is 5.76. The van der Waals surface area contributed by atoms with Crippen LogP contribution in [0.2, 0.25) is 0 Å². The maximum atomic E-state index is 10.6. The zero-order valence-corrected chi connectivity index (χ0v) is 8.69. The van der Waals surface area contributed by atoms with Crippen LogP contribution in [0.3, 0.4) is 0 Å². The summed E-state index contributed by atoms with van der Waals surface area (Å²) in [5.74, 6) is 0.257. The molecule has 0 fully saturated rings. The van der Waals surface area contributed by atoms with Crippen molar-refractivity contribution in [3.8, 4) is 11.1 Å².